The van der Waals surface area contributed by atoms with Crippen molar-refractivity contribution < 1.29 is 32.6 Å². The molecule has 2 aliphatic rings. The number of hydrogen-bond donors (Lipinski definition) is 2. The molecule has 1 amide bonds. The summed E-state index contributed by atoms with van der Waals surface area (Å²) in [5.74, 6) is -0.427. The number of nitrogens with zero attached hydrogens (tertiary/aromatic N) is 1. The van der Waals surface area contributed by atoms with Gasteiger partial charge in [-0.1, -0.05) is 0 Å². The molecule has 1 unspecified atom stereocenters. The molecule has 1 heterocycles. The molecule has 1 aliphatic heterocycles. The van der Waals surface area contributed by atoms with Gasteiger partial charge in [0.15, 0.2) is 0 Å². The van der Waals surface area contributed by atoms with E-state index in [-0.39, 0.29) is 35.0 Å². The molecule has 1 saturated carbocycles. The number of carboxylic acid groups (broad SMARTS) is 1. The average Bonchev–Trinajstić information content (AvgIpc) is 2.89. The number of halogens is 3. The molecule has 9 heteroatoms. The van der Waals surface area contributed by atoms with Crippen LogP contribution in [0.5, 0.6) is 0 Å². The molecule has 0 aromatic heterocycles. The van der Waals surface area contributed by atoms with Gasteiger partial charge < -0.3 is 20.1 Å². The molecule has 1 aromatic rings. The number of benzene rings is 1. The Hall–Kier alpha value is -2.45. The maximum atomic E-state index is 13.4. The molecule has 6 nitrogen and oxygen atoms in total. The second-order valence-electron chi connectivity index (χ2n) is 7.55. The van der Waals surface area contributed by atoms with E-state index in [2.05, 4.69) is 10.1 Å². The van der Waals surface area contributed by atoms with Gasteiger partial charge in [0.25, 0.3) is 0 Å². The summed E-state index contributed by atoms with van der Waals surface area (Å²) in [5, 5.41) is 12.2. The van der Waals surface area contributed by atoms with Gasteiger partial charge in [0.2, 0.25) is 0 Å². The number of carbonyl (C=O) groups is 2. The first-order valence-corrected chi connectivity index (χ1v) is 9.15. The lowest BCUT2D eigenvalue weighted by Gasteiger charge is -2.40. The standard InChI is InChI=1S/C19H23F3N2O4/c1-10(16-12-3-4-13(16)9-24(8-12)18(26)27)23-15-7-11(17(25)28-2)5-6-14(15)19(20,21)22/h5-7,10,12-13,16,23H,3-4,8-9H2,1-2H3,(H,26,27)/t10-,12-,13+,16?/m0/s1. The summed E-state index contributed by atoms with van der Waals surface area (Å²) < 4.78 is 44.9. The number of esters is 1. The van der Waals surface area contributed by atoms with Crippen LogP contribution in [0.25, 0.3) is 0 Å². The van der Waals surface area contributed by atoms with Gasteiger partial charge in [-0.2, -0.15) is 13.2 Å². The van der Waals surface area contributed by atoms with Crippen molar-refractivity contribution in [2.45, 2.75) is 32.0 Å². The molecule has 3 rings (SSSR count). The fourth-order valence-electron chi connectivity index (χ4n) is 4.73. The first kappa shape index (κ1) is 20.3. The van der Waals surface area contributed by atoms with Crippen molar-refractivity contribution in [1.82, 2.24) is 4.90 Å². The Morgan fingerprint density at radius 3 is 2.36 bits per heavy atom. The van der Waals surface area contributed by atoms with Crippen LogP contribution in [0.1, 0.15) is 35.7 Å². The zero-order valence-electron chi connectivity index (χ0n) is 15.6. The highest BCUT2D eigenvalue weighted by Gasteiger charge is 2.46. The van der Waals surface area contributed by atoms with Gasteiger partial charge in [-0.15, -0.1) is 0 Å². The number of ether oxygens (including phenoxy) is 1. The van der Waals surface area contributed by atoms with E-state index in [1.807, 2.05) is 6.92 Å². The fourth-order valence-corrected chi connectivity index (χ4v) is 4.73. The summed E-state index contributed by atoms with van der Waals surface area (Å²) in [5.41, 5.74) is -0.973. The summed E-state index contributed by atoms with van der Waals surface area (Å²) in [6.45, 7) is 2.62. The molecule has 0 radical (unpaired) electrons. The summed E-state index contributed by atoms with van der Waals surface area (Å²) in [4.78, 5) is 24.4. The quantitative estimate of drug-likeness (QED) is 0.749. The van der Waals surface area contributed by atoms with E-state index in [9.17, 15) is 27.9 Å². The van der Waals surface area contributed by atoms with Crippen LogP contribution in [-0.4, -0.2) is 48.3 Å². The van der Waals surface area contributed by atoms with Gasteiger partial charge in [0.05, 0.1) is 18.2 Å². The maximum Gasteiger partial charge on any atom is 0.418 e. The minimum absolute atomic E-state index is 0.0360. The highest BCUT2D eigenvalue weighted by atomic mass is 19.4. The van der Waals surface area contributed by atoms with E-state index in [1.54, 1.807) is 0 Å². The van der Waals surface area contributed by atoms with E-state index >= 15 is 0 Å². The van der Waals surface area contributed by atoms with Crippen LogP contribution in [0, 0.1) is 17.8 Å². The number of likely N-dealkylation sites (tertiary alicyclic amines) is 1. The minimum atomic E-state index is -4.57. The van der Waals surface area contributed by atoms with Crippen molar-refractivity contribution in [2.75, 3.05) is 25.5 Å². The third kappa shape index (κ3) is 3.88. The molecule has 28 heavy (non-hydrogen) atoms. The molecule has 2 fully saturated rings. The second-order valence-corrected chi connectivity index (χ2v) is 7.55. The second kappa shape index (κ2) is 7.52. The molecule has 1 saturated heterocycles. The number of carbonyl (C=O) groups excluding carboxylic acids is 1. The van der Waals surface area contributed by atoms with Crippen molar-refractivity contribution in [1.29, 1.82) is 0 Å². The zero-order valence-corrected chi connectivity index (χ0v) is 15.6. The predicted molar refractivity (Wildman–Crippen MR) is 95.2 cm³/mol. The van der Waals surface area contributed by atoms with E-state index in [4.69, 9.17) is 0 Å². The van der Waals surface area contributed by atoms with Crippen molar-refractivity contribution >= 4 is 17.7 Å². The van der Waals surface area contributed by atoms with Gasteiger partial charge in [-0.05, 0) is 55.7 Å². The molecule has 1 aliphatic carbocycles. The van der Waals surface area contributed by atoms with Crippen LogP contribution in [0.15, 0.2) is 18.2 Å². The van der Waals surface area contributed by atoms with E-state index in [0.29, 0.717) is 13.1 Å². The number of piperidine rings is 1. The molecular weight excluding hydrogens is 377 g/mol. The van der Waals surface area contributed by atoms with Gasteiger partial charge >= 0.3 is 18.2 Å². The Morgan fingerprint density at radius 1 is 1.25 bits per heavy atom. The van der Waals surface area contributed by atoms with Crippen LogP contribution in [0.4, 0.5) is 23.7 Å². The fraction of sp³-hybridized carbons (Fsp3) is 0.579. The summed E-state index contributed by atoms with van der Waals surface area (Å²) in [6, 6.07) is 2.84. The number of amides is 1. The topological polar surface area (TPSA) is 78.9 Å². The molecule has 4 atom stereocenters. The molecule has 0 spiro atoms. The Labute approximate surface area is 160 Å². The summed E-state index contributed by atoms with van der Waals surface area (Å²) in [6.07, 6.45) is -3.80. The first-order valence-electron chi connectivity index (χ1n) is 9.15. The van der Waals surface area contributed by atoms with E-state index in [0.717, 1.165) is 25.0 Å². The zero-order chi connectivity index (χ0) is 20.6. The molecule has 2 N–H and O–H groups in total. The number of methoxy groups -OCH3 is 1. The van der Waals surface area contributed by atoms with E-state index in [1.165, 1.54) is 18.1 Å². The largest absolute Gasteiger partial charge is 0.465 e. The van der Waals surface area contributed by atoms with Crippen LogP contribution in [0.3, 0.4) is 0 Å². The van der Waals surface area contributed by atoms with Gasteiger partial charge in [0, 0.05) is 24.8 Å². The predicted octanol–water partition coefficient (Wildman–Crippen LogP) is 3.93. The van der Waals surface area contributed by atoms with E-state index < -0.39 is 23.8 Å². The number of nitrogens with one attached hydrogen (secondary N) is 1. The summed E-state index contributed by atoms with van der Waals surface area (Å²) in [7, 11) is 1.17. The number of fused-ring (bicyclic) bond motifs is 2. The van der Waals surface area contributed by atoms with Gasteiger partial charge in [-0.25, -0.2) is 9.59 Å². The van der Waals surface area contributed by atoms with Crippen LogP contribution in [-0.2, 0) is 10.9 Å². The van der Waals surface area contributed by atoms with Crippen LogP contribution >= 0.6 is 0 Å². The van der Waals surface area contributed by atoms with Crippen LogP contribution in [0.2, 0.25) is 0 Å². The minimum Gasteiger partial charge on any atom is -0.465 e. The van der Waals surface area contributed by atoms with Crippen molar-refractivity contribution in [3.05, 3.63) is 29.3 Å². The number of hydrogen-bond acceptors (Lipinski definition) is 4. The number of alkyl halides is 3. The highest BCUT2D eigenvalue weighted by molar-refractivity contribution is 5.90. The lowest BCUT2D eigenvalue weighted by molar-refractivity contribution is -0.137. The molecule has 2 bridgehead atoms. The maximum absolute atomic E-state index is 13.4. The van der Waals surface area contributed by atoms with Gasteiger partial charge in [-0.3, -0.25) is 0 Å². The normalized spacial score (nSPS) is 25.3. The number of anilines is 1. The van der Waals surface area contributed by atoms with Crippen molar-refractivity contribution in [3.8, 4) is 0 Å². The third-order valence-electron chi connectivity index (χ3n) is 5.88. The Kier molecular flexibility index (Phi) is 5.45. The molecular formula is C19H23F3N2O4. The Balaban J connectivity index is 1.84. The SMILES string of the molecule is COC(=O)c1ccc(C(F)(F)F)c(N[C@@H](C)C2[C@@H]3CC[C@H]2CN(C(=O)O)C3)c1. The lowest BCUT2D eigenvalue weighted by Crippen LogP contribution is -2.48. The van der Waals surface area contributed by atoms with Crippen molar-refractivity contribution in [2.24, 2.45) is 17.8 Å². The Morgan fingerprint density at radius 2 is 1.86 bits per heavy atom. The van der Waals surface area contributed by atoms with Crippen LogP contribution < -0.4 is 5.32 Å². The number of rotatable bonds is 4. The molecule has 1 aromatic carbocycles. The lowest BCUT2D eigenvalue weighted by atomic mass is 9.80. The Bertz CT molecular complexity index is 754. The summed E-state index contributed by atoms with van der Waals surface area (Å²) >= 11 is 0. The molecule has 154 valence electrons. The van der Waals surface area contributed by atoms with Crippen molar-refractivity contribution in [3.63, 3.8) is 0 Å². The third-order valence-corrected chi connectivity index (χ3v) is 5.88. The first-order chi connectivity index (χ1) is 13.1. The average molecular weight is 400 g/mol. The smallest absolute Gasteiger partial charge is 0.418 e. The van der Waals surface area contributed by atoms with Gasteiger partial charge in [0.1, 0.15) is 0 Å². The monoisotopic (exact) mass is 400 g/mol. The highest BCUT2D eigenvalue weighted by Crippen LogP contribution is 2.45.